The van der Waals surface area contributed by atoms with E-state index in [1.807, 2.05) is 24.7 Å². The molecule has 1 aromatic heterocycles. The van der Waals surface area contributed by atoms with E-state index in [0.717, 1.165) is 78.5 Å². The van der Waals surface area contributed by atoms with E-state index < -0.39 is 0 Å². The van der Waals surface area contributed by atoms with Crippen molar-refractivity contribution >= 4 is 17.3 Å². The number of anilines is 1. The molecular weight excluding hydrogens is 512 g/mol. The molecule has 1 saturated carbocycles. The minimum absolute atomic E-state index is 0.106. The molecule has 7 heteroatoms. The summed E-state index contributed by atoms with van der Waals surface area (Å²) in [5.74, 6) is 0.0115. The molecular formula is C34H46N4O3. The smallest absolute Gasteiger partial charge is 0.163 e. The van der Waals surface area contributed by atoms with Crippen LogP contribution in [0.5, 0.6) is 0 Å². The van der Waals surface area contributed by atoms with Crippen LogP contribution in [0.15, 0.2) is 47.8 Å². The van der Waals surface area contributed by atoms with Gasteiger partial charge in [-0.15, -0.1) is 0 Å². The zero-order valence-electron chi connectivity index (χ0n) is 25.3. The molecule has 2 aliphatic carbocycles. The number of aromatic nitrogens is 2. The molecule has 1 unspecified atom stereocenters. The Hall–Kier alpha value is -3.03. The molecule has 41 heavy (non-hydrogen) atoms. The molecule has 2 aromatic rings. The zero-order chi connectivity index (χ0) is 28.9. The number of hydrogen-bond acceptors (Lipinski definition) is 6. The van der Waals surface area contributed by atoms with Gasteiger partial charge in [-0.2, -0.15) is 5.10 Å². The van der Waals surface area contributed by atoms with Gasteiger partial charge in [-0.05, 0) is 74.9 Å². The Labute approximate surface area is 245 Å². The summed E-state index contributed by atoms with van der Waals surface area (Å²) in [6, 6.07) is 4.78. The summed E-state index contributed by atoms with van der Waals surface area (Å²) in [5, 5.41) is 4.67. The van der Waals surface area contributed by atoms with Crippen LogP contribution in [0, 0.1) is 12.8 Å². The molecule has 0 spiro atoms. The van der Waals surface area contributed by atoms with Crippen LogP contribution in [-0.2, 0) is 16.1 Å². The third-order valence-electron chi connectivity index (χ3n) is 9.28. The number of allylic oxidation sites excluding steroid dienone is 4. The van der Waals surface area contributed by atoms with Crippen LogP contribution in [0.4, 0.5) is 5.69 Å². The van der Waals surface area contributed by atoms with Crippen molar-refractivity contribution in [3.63, 3.8) is 0 Å². The lowest BCUT2D eigenvalue weighted by Gasteiger charge is -2.34. The van der Waals surface area contributed by atoms with Crippen LogP contribution in [0.2, 0.25) is 0 Å². The zero-order valence-corrected chi connectivity index (χ0v) is 25.3. The van der Waals surface area contributed by atoms with E-state index in [1.165, 1.54) is 32.1 Å². The van der Waals surface area contributed by atoms with Gasteiger partial charge in [-0.3, -0.25) is 19.2 Å². The normalized spacial score (nSPS) is 20.6. The summed E-state index contributed by atoms with van der Waals surface area (Å²) in [6.45, 7) is 11.3. The van der Waals surface area contributed by atoms with Crippen molar-refractivity contribution in [2.75, 3.05) is 44.8 Å². The summed E-state index contributed by atoms with van der Waals surface area (Å²) < 4.78 is 7.49. The minimum atomic E-state index is -0.208. The first kappa shape index (κ1) is 29.5. The van der Waals surface area contributed by atoms with Crippen molar-refractivity contribution in [3.05, 3.63) is 59.0 Å². The Kier molecular flexibility index (Phi) is 9.56. The average molecular weight is 559 g/mol. The Morgan fingerprint density at radius 3 is 2.51 bits per heavy atom. The van der Waals surface area contributed by atoms with Gasteiger partial charge in [0.15, 0.2) is 11.6 Å². The topological polar surface area (TPSA) is 67.7 Å². The Morgan fingerprint density at radius 2 is 1.78 bits per heavy atom. The quantitative estimate of drug-likeness (QED) is 0.333. The Bertz CT molecular complexity index is 1310. The SMILES string of the molecule is CC1=CC(=O)C(CCC(=O)c2cc(-c3cnn(CCN4CCOCC4)c3)cc(N(C)C3CCCCC3)c2C)C(C)=C1. The number of rotatable bonds is 10. The first-order chi connectivity index (χ1) is 19.8. The van der Waals surface area contributed by atoms with Gasteiger partial charge in [0, 0.05) is 68.1 Å². The highest BCUT2D eigenvalue weighted by molar-refractivity contribution is 6.01. The fourth-order valence-electron chi connectivity index (χ4n) is 6.72. The summed E-state index contributed by atoms with van der Waals surface area (Å²) in [6.07, 6.45) is 14.9. The fraction of sp³-hybridized carbons (Fsp3) is 0.559. The van der Waals surface area contributed by atoms with E-state index in [2.05, 4.69) is 53.3 Å². The molecule has 0 amide bonds. The highest BCUT2D eigenvalue weighted by atomic mass is 16.5. The Morgan fingerprint density at radius 1 is 1.02 bits per heavy atom. The molecule has 5 rings (SSSR count). The van der Waals surface area contributed by atoms with Gasteiger partial charge in [0.25, 0.3) is 0 Å². The van der Waals surface area contributed by atoms with Crippen LogP contribution in [0.25, 0.3) is 11.1 Å². The van der Waals surface area contributed by atoms with Crippen LogP contribution in [0.1, 0.15) is 74.7 Å². The molecule has 0 bridgehead atoms. The molecule has 2 fully saturated rings. The van der Waals surface area contributed by atoms with E-state index in [4.69, 9.17) is 4.74 Å². The van der Waals surface area contributed by atoms with Gasteiger partial charge in [0.1, 0.15) is 0 Å². The van der Waals surface area contributed by atoms with Gasteiger partial charge in [-0.25, -0.2) is 0 Å². The number of nitrogens with zero attached hydrogens (tertiary/aromatic N) is 4. The van der Waals surface area contributed by atoms with E-state index in [1.54, 1.807) is 6.08 Å². The van der Waals surface area contributed by atoms with Crippen LogP contribution in [-0.4, -0.2) is 72.2 Å². The highest BCUT2D eigenvalue weighted by Gasteiger charge is 2.26. The largest absolute Gasteiger partial charge is 0.379 e. The van der Waals surface area contributed by atoms with Crippen molar-refractivity contribution in [2.24, 2.45) is 5.92 Å². The number of ether oxygens (including phenoxy) is 1. The lowest BCUT2D eigenvalue weighted by atomic mass is 9.84. The second kappa shape index (κ2) is 13.3. The van der Waals surface area contributed by atoms with Crippen molar-refractivity contribution in [1.29, 1.82) is 0 Å². The maximum Gasteiger partial charge on any atom is 0.163 e. The van der Waals surface area contributed by atoms with Crippen molar-refractivity contribution < 1.29 is 14.3 Å². The van der Waals surface area contributed by atoms with E-state index >= 15 is 0 Å². The maximum absolute atomic E-state index is 13.8. The summed E-state index contributed by atoms with van der Waals surface area (Å²) in [4.78, 5) is 31.3. The second-order valence-electron chi connectivity index (χ2n) is 12.2. The van der Waals surface area contributed by atoms with E-state index in [-0.39, 0.29) is 17.5 Å². The van der Waals surface area contributed by atoms with Gasteiger partial charge in [-0.1, -0.05) is 30.9 Å². The predicted octanol–water partition coefficient (Wildman–Crippen LogP) is 6.01. The summed E-state index contributed by atoms with van der Waals surface area (Å²) in [7, 11) is 2.19. The third-order valence-corrected chi connectivity index (χ3v) is 9.28. The van der Waals surface area contributed by atoms with E-state index in [9.17, 15) is 9.59 Å². The summed E-state index contributed by atoms with van der Waals surface area (Å²) >= 11 is 0. The standard InChI is InChI=1S/C34H46N4O3/c1-24-18-25(2)30(34(40)19-24)10-11-33(39)31-20-27(21-32(26(31)3)36(4)29-8-6-5-7-9-29)28-22-35-38(23-28)13-12-37-14-16-41-17-15-37/h18-23,29-30H,5-17H2,1-4H3. The molecule has 1 saturated heterocycles. The van der Waals surface area contributed by atoms with Crippen LogP contribution in [0.3, 0.4) is 0 Å². The van der Waals surface area contributed by atoms with E-state index in [0.29, 0.717) is 18.9 Å². The molecule has 1 atom stereocenters. The number of ketones is 2. The molecule has 0 radical (unpaired) electrons. The number of carbonyl (C=O) groups is 2. The fourth-order valence-corrected chi connectivity index (χ4v) is 6.72. The monoisotopic (exact) mass is 558 g/mol. The van der Waals surface area contributed by atoms with Crippen molar-refractivity contribution in [3.8, 4) is 11.1 Å². The first-order valence-corrected chi connectivity index (χ1v) is 15.4. The van der Waals surface area contributed by atoms with Gasteiger partial charge in [0.2, 0.25) is 0 Å². The van der Waals surface area contributed by atoms with Crippen LogP contribution >= 0.6 is 0 Å². The third kappa shape index (κ3) is 7.07. The molecule has 3 aliphatic rings. The minimum Gasteiger partial charge on any atom is -0.379 e. The van der Waals surface area contributed by atoms with Gasteiger partial charge in [0.05, 0.1) is 26.0 Å². The maximum atomic E-state index is 13.8. The predicted molar refractivity (Wildman–Crippen MR) is 165 cm³/mol. The molecule has 1 aliphatic heterocycles. The van der Waals surface area contributed by atoms with Crippen molar-refractivity contribution in [2.45, 2.75) is 78.3 Å². The van der Waals surface area contributed by atoms with Crippen LogP contribution < -0.4 is 4.90 Å². The Balaban J connectivity index is 1.39. The highest BCUT2D eigenvalue weighted by Crippen LogP contribution is 2.35. The molecule has 220 valence electrons. The second-order valence-corrected chi connectivity index (χ2v) is 12.2. The molecule has 1 aromatic carbocycles. The lowest BCUT2D eigenvalue weighted by Crippen LogP contribution is -2.38. The molecule has 2 heterocycles. The summed E-state index contributed by atoms with van der Waals surface area (Å²) in [5.41, 5.74) is 7.01. The number of Topliss-reactive ketones (excluding diaryl/α,β-unsaturated/α-hetero) is 1. The number of hydrogen-bond donors (Lipinski definition) is 0. The lowest BCUT2D eigenvalue weighted by molar-refractivity contribution is -0.117. The molecule has 7 nitrogen and oxygen atoms in total. The average Bonchev–Trinajstić information content (AvgIpc) is 3.45. The number of carbonyl (C=O) groups excluding carboxylic acids is 2. The number of benzene rings is 1. The molecule has 0 N–H and O–H groups in total. The number of morpholine rings is 1. The van der Waals surface area contributed by atoms with Gasteiger partial charge >= 0.3 is 0 Å². The first-order valence-electron chi connectivity index (χ1n) is 15.4. The van der Waals surface area contributed by atoms with Crippen molar-refractivity contribution in [1.82, 2.24) is 14.7 Å². The van der Waals surface area contributed by atoms with Gasteiger partial charge < -0.3 is 9.64 Å².